The van der Waals surface area contributed by atoms with Gasteiger partial charge in [-0.25, -0.2) is 0 Å². The fourth-order valence-electron chi connectivity index (χ4n) is 1.61. The van der Waals surface area contributed by atoms with Gasteiger partial charge in [-0.3, -0.25) is 9.59 Å². The van der Waals surface area contributed by atoms with Crippen LogP contribution in [0.5, 0.6) is 0 Å². The maximum atomic E-state index is 10.2. The van der Waals surface area contributed by atoms with Gasteiger partial charge in [-0.15, -0.1) is 0 Å². The Hall–Kier alpha value is -1.06. The van der Waals surface area contributed by atoms with Crippen LogP contribution in [-0.2, 0) is 9.59 Å². The molecule has 0 aromatic rings. The van der Waals surface area contributed by atoms with E-state index < -0.39 is 11.9 Å². The monoisotopic (exact) mass is 274 g/mol. The summed E-state index contributed by atoms with van der Waals surface area (Å²) < 4.78 is 0. The van der Waals surface area contributed by atoms with E-state index in [2.05, 4.69) is 20.8 Å². The van der Waals surface area contributed by atoms with Crippen LogP contribution < -0.4 is 0 Å². The van der Waals surface area contributed by atoms with Crippen molar-refractivity contribution in [2.75, 3.05) is 0 Å². The van der Waals surface area contributed by atoms with Crippen LogP contribution in [0.3, 0.4) is 0 Å². The number of rotatable bonds is 9. The summed E-state index contributed by atoms with van der Waals surface area (Å²) in [5.74, 6) is -0.388. The lowest BCUT2D eigenvalue weighted by atomic mass is 10.0. The molecule has 114 valence electrons. The van der Waals surface area contributed by atoms with Crippen molar-refractivity contribution in [1.29, 1.82) is 0 Å². The first-order valence-corrected chi connectivity index (χ1v) is 7.23. The highest BCUT2D eigenvalue weighted by Crippen LogP contribution is 2.10. The molecule has 0 fully saturated rings. The summed E-state index contributed by atoms with van der Waals surface area (Å²) in [6.45, 7) is 8.31. The van der Waals surface area contributed by atoms with Gasteiger partial charge < -0.3 is 10.2 Å². The largest absolute Gasteiger partial charge is 0.481 e. The van der Waals surface area contributed by atoms with E-state index in [1.54, 1.807) is 0 Å². The minimum atomic E-state index is -0.685. The second-order valence-corrected chi connectivity index (χ2v) is 5.53. The van der Waals surface area contributed by atoms with Crippen LogP contribution in [-0.4, -0.2) is 22.2 Å². The van der Waals surface area contributed by atoms with E-state index in [0.717, 1.165) is 32.1 Å². The molecule has 0 aromatic carbocycles. The fraction of sp³-hybridized carbons (Fsp3) is 0.867. The lowest BCUT2D eigenvalue weighted by molar-refractivity contribution is -0.138. The molecule has 0 aliphatic carbocycles. The van der Waals surface area contributed by atoms with Gasteiger partial charge in [0.1, 0.15) is 0 Å². The summed E-state index contributed by atoms with van der Waals surface area (Å²) in [6, 6.07) is 0. The van der Waals surface area contributed by atoms with Gasteiger partial charge in [-0.05, 0) is 18.3 Å². The summed E-state index contributed by atoms with van der Waals surface area (Å²) in [4.78, 5) is 20.2. The molecule has 0 saturated heterocycles. The quantitative estimate of drug-likeness (QED) is 0.661. The third-order valence-electron chi connectivity index (χ3n) is 2.75. The Morgan fingerprint density at radius 3 is 1.89 bits per heavy atom. The molecule has 0 spiro atoms. The van der Waals surface area contributed by atoms with Crippen LogP contribution in [0.2, 0.25) is 0 Å². The van der Waals surface area contributed by atoms with E-state index in [-0.39, 0.29) is 0 Å². The molecule has 0 amide bonds. The molecule has 4 nitrogen and oxygen atoms in total. The molecule has 0 aliphatic heterocycles. The number of carboxylic acids is 2. The van der Waals surface area contributed by atoms with Gasteiger partial charge in [0.25, 0.3) is 0 Å². The SMILES string of the molecule is CC(C)CCCC(=O)O.CCCCC(C)CC(=O)O. The zero-order chi connectivity index (χ0) is 15.3. The molecule has 1 atom stereocenters. The van der Waals surface area contributed by atoms with Gasteiger partial charge >= 0.3 is 11.9 Å². The third kappa shape index (κ3) is 22.6. The van der Waals surface area contributed by atoms with Crippen molar-refractivity contribution in [2.24, 2.45) is 11.8 Å². The third-order valence-corrected chi connectivity index (χ3v) is 2.75. The number of unbranched alkanes of at least 4 members (excludes halogenated alkanes) is 1. The first-order valence-electron chi connectivity index (χ1n) is 7.23. The van der Waals surface area contributed by atoms with Crippen LogP contribution in [0.15, 0.2) is 0 Å². The van der Waals surface area contributed by atoms with Gasteiger partial charge in [-0.2, -0.15) is 0 Å². The van der Waals surface area contributed by atoms with E-state index in [4.69, 9.17) is 10.2 Å². The molecule has 0 bridgehead atoms. The van der Waals surface area contributed by atoms with E-state index in [9.17, 15) is 9.59 Å². The minimum absolute atomic E-state index is 0.318. The van der Waals surface area contributed by atoms with Gasteiger partial charge in [0, 0.05) is 12.8 Å². The van der Waals surface area contributed by atoms with Gasteiger partial charge in [0.2, 0.25) is 0 Å². The second-order valence-electron chi connectivity index (χ2n) is 5.53. The molecule has 0 rings (SSSR count). The number of carbonyl (C=O) groups is 2. The van der Waals surface area contributed by atoms with E-state index >= 15 is 0 Å². The highest BCUT2D eigenvalue weighted by Gasteiger charge is 2.05. The lowest BCUT2D eigenvalue weighted by Crippen LogP contribution is -2.03. The van der Waals surface area contributed by atoms with Crippen molar-refractivity contribution in [3.05, 3.63) is 0 Å². The molecule has 0 heterocycles. The Balaban J connectivity index is 0. The first-order chi connectivity index (χ1) is 8.79. The van der Waals surface area contributed by atoms with Crippen LogP contribution in [0, 0.1) is 11.8 Å². The topological polar surface area (TPSA) is 74.6 Å². The molecule has 4 heteroatoms. The van der Waals surface area contributed by atoms with E-state index in [1.165, 1.54) is 0 Å². The van der Waals surface area contributed by atoms with E-state index in [1.807, 2.05) is 6.92 Å². The van der Waals surface area contributed by atoms with Crippen LogP contribution >= 0.6 is 0 Å². The van der Waals surface area contributed by atoms with Gasteiger partial charge in [0.15, 0.2) is 0 Å². The Labute approximate surface area is 117 Å². The van der Waals surface area contributed by atoms with Crippen molar-refractivity contribution in [3.63, 3.8) is 0 Å². The second kappa shape index (κ2) is 13.4. The Kier molecular flexibility index (Phi) is 14.3. The van der Waals surface area contributed by atoms with Crippen molar-refractivity contribution in [2.45, 2.75) is 72.6 Å². The van der Waals surface area contributed by atoms with Gasteiger partial charge in [-0.1, -0.05) is 53.4 Å². The summed E-state index contributed by atoms with van der Waals surface area (Å²) in [5.41, 5.74) is 0. The first kappa shape index (κ1) is 20.3. The molecule has 0 saturated carbocycles. The Morgan fingerprint density at radius 1 is 0.947 bits per heavy atom. The number of hydrogen-bond acceptors (Lipinski definition) is 2. The van der Waals surface area contributed by atoms with E-state index in [0.29, 0.717) is 24.7 Å². The minimum Gasteiger partial charge on any atom is -0.481 e. The number of carboxylic acid groups (broad SMARTS) is 2. The Morgan fingerprint density at radius 2 is 1.53 bits per heavy atom. The van der Waals surface area contributed by atoms with Crippen LogP contribution in [0.1, 0.15) is 72.6 Å². The van der Waals surface area contributed by atoms with Gasteiger partial charge in [0.05, 0.1) is 0 Å². The van der Waals surface area contributed by atoms with Crippen molar-refractivity contribution < 1.29 is 19.8 Å². The highest BCUT2D eigenvalue weighted by molar-refractivity contribution is 5.67. The van der Waals surface area contributed by atoms with Crippen molar-refractivity contribution in [3.8, 4) is 0 Å². The van der Waals surface area contributed by atoms with Crippen molar-refractivity contribution in [1.82, 2.24) is 0 Å². The lowest BCUT2D eigenvalue weighted by Gasteiger charge is -2.05. The molecule has 0 aromatic heterocycles. The maximum Gasteiger partial charge on any atom is 0.303 e. The standard InChI is InChI=1S/C8H16O2.C7H14O2/c1-3-4-5-7(2)6-8(9)10;1-6(2)4-3-5-7(8)9/h7H,3-6H2,1-2H3,(H,9,10);6H,3-5H2,1-2H3,(H,8,9). The molecule has 19 heavy (non-hydrogen) atoms. The highest BCUT2D eigenvalue weighted by atomic mass is 16.4. The number of hydrogen-bond donors (Lipinski definition) is 2. The van der Waals surface area contributed by atoms with Crippen LogP contribution in [0.25, 0.3) is 0 Å². The van der Waals surface area contributed by atoms with Crippen molar-refractivity contribution >= 4 is 11.9 Å². The molecule has 0 radical (unpaired) electrons. The molecule has 2 N–H and O–H groups in total. The predicted octanol–water partition coefficient (Wildman–Crippen LogP) is 4.18. The summed E-state index contributed by atoms with van der Waals surface area (Å²) in [7, 11) is 0. The zero-order valence-corrected chi connectivity index (χ0v) is 12.8. The molecule has 1 unspecified atom stereocenters. The summed E-state index contributed by atoms with van der Waals surface area (Å²) in [6.07, 6.45) is 5.82. The molecule has 0 aliphatic rings. The number of aliphatic carboxylic acids is 2. The average Bonchev–Trinajstić information content (AvgIpc) is 2.25. The summed E-state index contributed by atoms with van der Waals surface area (Å²) >= 11 is 0. The fourth-order valence-corrected chi connectivity index (χ4v) is 1.61. The zero-order valence-electron chi connectivity index (χ0n) is 12.8. The average molecular weight is 274 g/mol. The smallest absolute Gasteiger partial charge is 0.303 e. The molecular formula is C15H30O4. The Bertz CT molecular complexity index is 236. The van der Waals surface area contributed by atoms with Crippen LogP contribution in [0.4, 0.5) is 0 Å². The predicted molar refractivity (Wildman–Crippen MR) is 77.3 cm³/mol. The maximum absolute atomic E-state index is 10.2. The normalized spacial score (nSPS) is 11.6. The summed E-state index contributed by atoms with van der Waals surface area (Å²) in [5, 5.41) is 16.6. The molecular weight excluding hydrogens is 244 g/mol.